The van der Waals surface area contributed by atoms with Gasteiger partial charge in [0.2, 0.25) is 5.91 Å². The summed E-state index contributed by atoms with van der Waals surface area (Å²) in [6.45, 7) is 0.969. The average molecular weight is 303 g/mol. The molecule has 0 saturated carbocycles. The molecular formula is C13H19ClN2O2S. The van der Waals surface area contributed by atoms with Crippen LogP contribution in [0.2, 0.25) is 5.02 Å². The van der Waals surface area contributed by atoms with Gasteiger partial charge in [-0.3, -0.25) is 4.79 Å². The molecule has 0 radical (unpaired) electrons. The van der Waals surface area contributed by atoms with Crippen molar-refractivity contribution in [1.82, 2.24) is 5.32 Å². The highest BCUT2D eigenvalue weighted by Crippen LogP contribution is 2.19. The molecule has 0 heterocycles. The van der Waals surface area contributed by atoms with Crippen molar-refractivity contribution in [2.24, 2.45) is 5.73 Å². The van der Waals surface area contributed by atoms with Crippen LogP contribution in [0.1, 0.15) is 6.42 Å². The molecular weight excluding hydrogens is 284 g/mol. The zero-order chi connectivity index (χ0) is 14.1. The lowest BCUT2D eigenvalue weighted by Gasteiger charge is -2.12. The molecule has 1 aromatic carbocycles. The van der Waals surface area contributed by atoms with Gasteiger partial charge in [0.25, 0.3) is 0 Å². The Balaban J connectivity index is 2.16. The third-order valence-corrected chi connectivity index (χ3v) is 3.78. The van der Waals surface area contributed by atoms with Crippen LogP contribution in [0.4, 0.5) is 0 Å². The van der Waals surface area contributed by atoms with E-state index >= 15 is 0 Å². The van der Waals surface area contributed by atoms with Crippen molar-refractivity contribution in [3.05, 3.63) is 29.3 Å². The molecule has 6 heteroatoms. The Kier molecular flexibility index (Phi) is 7.90. The average Bonchev–Trinajstić information content (AvgIpc) is 2.43. The van der Waals surface area contributed by atoms with Gasteiger partial charge >= 0.3 is 0 Å². The summed E-state index contributed by atoms with van der Waals surface area (Å²) >= 11 is 7.47. The number of nitrogens with one attached hydrogen (secondary N) is 1. The second-order valence-corrected chi connectivity index (χ2v) is 5.55. The smallest absolute Gasteiger partial charge is 0.222 e. The maximum atomic E-state index is 11.6. The number of thioether (sulfide) groups is 1. The molecule has 0 aliphatic heterocycles. The molecule has 19 heavy (non-hydrogen) atoms. The number of nitrogens with two attached hydrogens (primary N) is 1. The lowest BCUT2D eigenvalue weighted by Crippen LogP contribution is -2.33. The number of rotatable bonds is 8. The highest BCUT2D eigenvalue weighted by Gasteiger charge is 2.10. The molecule has 0 saturated heterocycles. The first kappa shape index (κ1) is 16.3. The second kappa shape index (κ2) is 9.20. The number of amides is 1. The van der Waals surface area contributed by atoms with E-state index in [4.69, 9.17) is 22.1 Å². The topological polar surface area (TPSA) is 64.3 Å². The Hall–Kier alpha value is -0.750. The second-order valence-electron chi connectivity index (χ2n) is 3.95. The van der Waals surface area contributed by atoms with E-state index in [9.17, 15) is 4.79 Å². The van der Waals surface area contributed by atoms with E-state index in [1.807, 2.05) is 24.3 Å². The van der Waals surface area contributed by atoms with Crippen LogP contribution in [0.5, 0.6) is 0 Å². The monoisotopic (exact) mass is 302 g/mol. The highest BCUT2D eigenvalue weighted by atomic mass is 35.5. The molecule has 106 valence electrons. The van der Waals surface area contributed by atoms with Gasteiger partial charge in [-0.05, 0) is 24.3 Å². The summed E-state index contributed by atoms with van der Waals surface area (Å²) in [5, 5.41) is 3.57. The van der Waals surface area contributed by atoms with Crippen molar-refractivity contribution < 1.29 is 9.53 Å². The Morgan fingerprint density at radius 2 is 2.16 bits per heavy atom. The van der Waals surface area contributed by atoms with Gasteiger partial charge in [0.05, 0.1) is 12.5 Å². The zero-order valence-corrected chi connectivity index (χ0v) is 12.5. The van der Waals surface area contributed by atoms with Gasteiger partial charge in [-0.2, -0.15) is 0 Å². The first-order valence-corrected chi connectivity index (χ1v) is 7.40. The van der Waals surface area contributed by atoms with Crippen LogP contribution < -0.4 is 11.1 Å². The lowest BCUT2D eigenvalue weighted by molar-refractivity contribution is -0.123. The quantitative estimate of drug-likeness (QED) is 0.569. The number of hydrogen-bond acceptors (Lipinski definition) is 4. The molecule has 3 N–H and O–H groups in total. The van der Waals surface area contributed by atoms with E-state index in [0.29, 0.717) is 19.5 Å². The fourth-order valence-corrected chi connectivity index (χ4v) is 2.33. The van der Waals surface area contributed by atoms with E-state index < -0.39 is 0 Å². The molecule has 0 aliphatic carbocycles. The van der Waals surface area contributed by atoms with Crippen LogP contribution >= 0.6 is 23.4 Å². The van der Waals surface area contributed by atoms with Crippen molar-refractivity contribution in [2.45, 2.75) is 17.4 Å². The Morgan fingerprint density at radius 1 is 1.47 bits per heavy atom. The summed E-state index contributed by atoms with van der Waals surface area (Å²) in [4.78, 5) is 12.7. The number of carbonyl (C=O) groups excluding carboxylic acids is 1. The predicted octanol–water partition coefficient (Wildman–Crippen LogP) is 1.91. The molecule has 0 spiro atoms. The Morgan fingerprint density at radius 3 is 2.74 bits per heavy atom. The minimum absolute atomic E-state index is 0.0333. The summed E-state index contributed by atoms with van der Waals surface area (Å²) in [7, 11) is 1.56. The van der Waals surface area contributed by atoms with E-state index in [1.165, 1.54) is 0 Å². The standard InChI is InChI=1S/C13H19ClN2O2S/c1-18-11(9-15)8-13(17)16-6-7-19-12-4-2-10(14)3-5-12/h2-5,11H,6-9,15H2,1H3,(H,16,17). The van der Waals surface area contributed by atoms with Crippen LogP contribution in [0.3, 0.4) is 0 Å². The van der Waals surface area contributed by atoms with Gasteiger partial charge < -0.3 is 15.8 Å². The van der Waals surface area contributed by atoms with Crippen molar-refractivity contribution in [1.29, 1.82) is 0 Å². The van der Waals surface area contributed by atoms with E-state index in [0.717, 1.165) is 15.7 Å². The molecule has 1 aromatic rings. The number of hydrogen-bond donors (Lipinski definition) is 2. The normalized spacial score (nSPS) is 12.2. The lowest BCUT2D eigenvalue weighted by atomic mass is 10.2. The van der Waals surface area contributed by atoms with Gasteiger partial charge in [-0.1, -0.05) is 11.6 Å². The number of benzene rings is 1. The van der Waals surface area contributed by atoms with Gasteiger partial charge in [-0.15, -0.1) is 11.8 Å². The summed E-state index contributed by atoms with van der Waals surface area (Å²) in [6.07, 6.45) is 0.0995. The molecule has 4 nitrogen and oxygen atoms in total. The van der Waals surface area contributed by atoms with Crippen molar-refractivity contribution in [3.8, 4) is 0 Å². The summed E-state index contributed by atoms with van der Waals surface area (Å²) in [5.74, 6) is 0.780. The first-order chi connectivity index (χ1) is 9.15. The molecule has 0 bridgehead atoms. The molecule has 0 fully saturated rings. The SMILES string of the molecule is COC(CN)CC(=O)NCCSc1ccc(Cl)cc1. The molecule has 1 rings (SSSR count). The number of halogens is 1. The summed E-state index contributed by atoms with van der Waals surface area (Å²) in [5.41, 5.74) is 5.45. The van der Waals surface area contributed by atoms with Crippen molar-refractivity contribution >= 4 is 29.3 Å². The van der Waals surface area contributed by atoms with Crippen LogP contribution in [-0.4, -0.2) is 38.0 Å². The molecule has 1 amide bonds. The van der Waals surface area contributed by atoms with E-state index in [-0.39, 0.29) is 12.0 Å². The van der Waals surface area contributed by atoms with E-state index in [2.05, 4.69) is 5.32 Å². The summed E-state index contributed by atoms with van der Waals surface area (Å²) < 4.78 is 5.05. The highest BCUT2D eigenvalue weighted by molar-refractivity contribution is 7.99. The summed E-state index contributed by atoms with van der Waals surface area (Å²) in [6, 6.07) is 7.63. The number of ether oxygens (including phenoxy) is 1. The molecule has 0 aliphatic rings. The number of carbonyl (C=O) groups is 1. The Labute approximate surface area is 123 Å². The van der Waals surface area contributed by atoms with Gasteiger partial charge in [0.15, 0.2) is 0 Å². The fourth-order valence-electron chi connectivity index (χ4n) is 1.43. The minimum Gasteiger partial charge on any atom is -0.380 e. The van der Waals surface area contributed by atoms with Gasteiger partial charge in [0.1, 0.15) is 0 Å². The fraction of sp³-hybridized carbons (Fsp3) is 0.462. The molecule has 0 aromatic heterocycles. The zero-order valence-electron chi connectivity index (χ0n) is 10.9. The van der Waals surface area contributed by atoms with Crippen LogP contribution in [-0.2, 0) is 9.53 Å². The van der Waals surface area contributed by atoms with Crippen LogP contribution in [0.25, 0.3) is 0 Å². The van der Waals surface area contributed by atoms with Gasteiger partial charge in [-0.25, -0.2) is 0 Å². The maximum absolute atomic E-state index is 11.6. The van der Waals surface area contributed by atoms with Gasteiger partial charge in [0, 0.05) is 35.9 Å². The van der Waals surface area contributed by atoms with Crippen LogP contribution in [0, 0.1) is 0 Å². The molecule has 1 unspecified atom stereocenters. The molecule has 1 atom stereocenters. The maximum Gasteiger partial charge on any atom is 0.222 e. The third-order valence-electron chi connectivity index (χ3n) is 2.52. The van der Waals surface area contributed by atoms with E-state index in [1.54, 1.807) is 18.9 Å². The Bertz CT molecular complexity index is 383. The minimum atomic E-state index is -0.205. The third kappa shape index (κ3) is 6.82. The van der Waals surface area contributed by atoms with Crippen molar-refractivity contribution in [2.75, 3.05) is 26.0 Å². The predicted molar refractivity (Wildman–Crippen MR) is 79.7 cm³/mol. The first-order valence-electron chi connectivity index (χ1n) is 6.03. The van der Waals surface area contributed by atoms with Crippen molar-refractivity contribution in [3.63, 3.8) is 0 Å². The number of methoxy groups -OCH3 is 1. The largest absolute Gasteiger partial charge is 0.380 e. The van der Waals surface area contributed by atoms with Crippen LogP contribution in [0.15, 0.2) is 29.2 Å².